The summed E-state index contributed by atoms with van der Waals surface area (Å²) in [6, 6.07) is 7.11. The highest BCUT2D eigenvalue weighted by Gasteiger charge is 2.30. The third kappa shape index (κ3) is 2.84. The van der Waals surface area contributed by atoms with Gasteiger partial charge < -0.3 is 10.4 Å². The van der Waals surface area contributed by atoms with Crippen molar-refractivity contribution in [2.75, 3.05) is 5.32 Å². The summed E-state index contributed by atoms with van der Waals surface area (Å²) >= 11 is 0. The third-order valence-corrected chi connectivity index (χ3v) is 4.24. The molecular weight excluding hydrogens is 294 g/mol. The molecule has 2 N–H and O–H groups in total. The number of fused-ring (bicyclic) bond motifs is 1. The number of benzene rings is 1. The largest absolute Gasteiger partial charge is 0.480 e. The summed E-state index contributed by atoms with van der Waals surface area (Å²) in [6.45, 7) is 3.96. The van der Waals surface area contributed by atoms with Gasteiger partial charge in [-0.3, -0.25) is 9.36 Å². The van der Waals surface area contributed by atoms with Crippen molar-refractivity contribution in [3.8, 4) is 0 Å². The molecule has 0 bridgehead atoms. The number of aryl methyl sites for hydroxylation is 2. The van der Waals surface area contributed by atoms with Crippen LogP contribution >= 0.6 is 0 Å². The highest BCUT2D eigenvalue weighted by Crippen LogP contribution is 2.24. The third-order valence-electron chi connectivity index (χ3n) is 4.24. The smallest absolute Gasteiger partial charge is 0.326 e. The summed E-state index contributed by atoms with van der Waals surface area (Å²) in [5.41, 5.74) is 2.50. The van der Waals surface area contributed by atoms with E-state index in [4.69, 9.17) is 0 Å². The molecule has 0 amide bonds. The lowest BCUT2D eigenvalue weighted by molar-refractivity contribution is -0.140. The van der Waals surface area contributed by atoms with E-state index in [1.165, 1.54) is 4.57 Å². The van der Waals surface area contributed by atoms with E-state index in [1.54, 1.807) is 6.20 Å². The number of carboxylic acids is 1. The van der Waals surface area contributed by atoms with Crippen molar-refractivity contribution in [2.24, 2.45) is 0 Å². The number of nitrogens with one attached hydrogen (secondary N) is 1. The highest BCUT2D eigenvalue weighted by atomic mass is 16.4. The zero-order chi connectivity index (χ0) is 16.6. The number of aliphatic carboxylic acids is 1. The molecule has 1 aliphatic rings. The molecule has 23 heavy (non-hydrogen) atoms. The molecule has 0 aliphatic carbocycles. The van der Waals surface area contributed by atoms with Gasteiger partial charge in [-0.25, -0.2) is 9.78 Å². The van der Waals surface area contributed by atoms with Crippen LogP contribution in [0.15, 0.2) is 35.3 Å². The van der Waals surface area contributed by atoms with Crippen LogP contribution in [0.25, 0.3) is 0 Å². The second kappa shape index (κ2) is 5.87. The number of hydrogen-bond donors (Lipinski definition) is 2. The topological polar surface area (TPSA) is 84.2 Å². The van der Waals surface area contributed by atoms with Gasteiger partial charge in [0, 0.05) is 11.9 Å². The lowest BCUT2D eigenvalue weighted by Crippen LogP contribution is -2.30. The SMILES string of the molecule is Cc1cccc([C@@H](C)Nc2ncc3n(c2=O)[C@H](C(=O)O)CC3)c1. The predicted octanol–water partition coefficient (Wildman–Crippen LogP) is 2.30. The van der Waals surface area contributed by atoms with Gasteiger partial charge in [0.15, 0.2) is 5.82 Å². The van der Waals surface area contributed by atoms with Crippen LogP contribution in [0.3, 0.4) is 0 Å². The quantitative estimate of drug-likeness (QED) is 0.905. The summed E-state index contributed by atoms with van der Waals surface area (Å²) in [7, 11) is 0. The zero-order valence-electron chi connectivity index (χ0n) is 13.1. The minimum Gasteiger partial charge on any atom is -0.480 e. The Kier molecular flexibility index (Phi) is 3.90. The van der Waals surface area contributed by atoms with Gasteiger partial charge in [-0.2, -0.15) is 0 Å². The molecule has 2 heterocycles. The van der Waals surface area contributed by atoms with E-state index < -0.39 is 12.0 Å². The summed E-state index contributed by atoms with van der Waals surface area (Å²) in [6.07, 6.45) is 2.59. The van der Waals surface area contributed by atoms with E-state index in [2.05, 4.69) is 10.3 Å². The normalized spacial score (nSPS) is 17.6. The molecular formula is C17H19N3O3. The molecule has 0 radical (unpaired) electrons. The Morgan fingerprint density at radius 2 is 2.26 bits per heavy atom. The van der Waals surface area contributed by atoms with E-state index >= 15 is 0 Å². The summed E-state index contributed by atoms with van der Waals surface area (Å²) in [5.74, 6) is -0.786. The van der Waals surface area contributed by atoms with E-state index in [1.807, 2.05) is 38.1 Å². The Balaban J connectivity index is 1.92. The van der Waals surface area contributed by atoms with Gasteiger partial charge in [0.2, 0.25) is 0 Å². The Bertz CT molecular complexity index is 813. The first-order chi connectivity index (χ1) is 11.0. The molecule has 6 nitrogen and oxygen atoms in total. The molecule has 0 saturated carbocycles. The number of carbonyl (C=O) groups is 1. The average Bonchev–Trinajstić information content (AvgIpc) is 2.95. The van der Waals surface area contributed by atoms with E-state index in [0.29, 0.717) is 18.5 Å². The molecule has 0 spiro atoms. The lowest BCUT2D eigenvalue weighted by Gasteiger charge is -2.17. The molecule has 1 aromatic carbocycles. The van der Waals surface area contributed by atoms with E-state index in [9.17, 15) is 14.7 Å². The average molecular weight is 313 g/mol. The van der Waals surface area contributed by atoms with Crippen molar-refractivity contribution < 1.29 is 9.90 Å². The van der Waals surface area contributed by atoms with Crippen molar-refractivity contribution in [1.29, 1.82) is 0 Å². The molecule has 2 atom stereocenters. The number of rotatable bonds is 4. The predicted molar refractivity (Wildman–Crippen MR) is 86.7 cm³/mol. The first-order valence-corrected chi connectivity index (χ1v) is 7.63. The molecule has 0 fully saturated rings. The van der Waals surface area contributed by atoms with Crippen LogP contribution in [-0.4, -0.2) is 20.6 Å². The van der Waals surface area contributed by atoms with Crippen molar-refractivity contribution in [3.63, 3.8) is 0 Å². The van der Waals surface area contributed by atoms with Gasteiger partial charge in [-0.05, 0) is 32.3 Å². The molecule has 1 aliphatic heterocycles. The van der Waals surface area contributed by atoms with Gasteiger partial charge in [-0.15, -0.1) is 0 Å². The van der Waals surface area contributed by atoms with Crippen LogP contribution in [-0.2, 0) is 11.2 Å². The molecule has 120 valence electrons. The molecule has 2 aromatic rings. The highest BCUT2D eigenvalue weighted by molar-refractivity contribution is 5.72. The van der Waals surface area contributed by atoms with Gasteiger partial charge >= 0.3 is 5.97 Å². The van der Waals surface area contributed by atoms with Gasteiger partial charge in [-0.1, -0.05) is 29.8 Å². The minimum absolute atomic E-state index is 0.0987. The van der Waals surface area contributed by atoms with Crippen molar-refractivity contribution >= 4 is 11.8 Å². The lowest BCUT2D eigenvalue weighted by atomic mass is 10.1. The number of anilines is 1. The maximum absolute atomic E-state index is 12.6. The molecule has 0 saturated heterocycles. The minimum atomic E-state index is -0.977. The van der Waals surface area contributed by atoms with Crippen LogP contribution in [0, 0.1) is 6.92 Å². The Morgan fingerprint density at radius 1 is 1.48 bits per heavy atom. The second-order valence-electron chi connectivity index (χ2n) is 5.95. The summed E-state index contributed by atoms with van der Waals surface area (Å²) in [4.78, 5) is 28.1. The fraction of sp³-hybridized carbons (Fsp3) is 0.353. The van der Waals surface area contributed by atoms with Gasteiger partial charge in [0.25, 0.3) is 5.56 Å². The molecule has 6 heteroatoms. The van der Waals surface area contributed by atoms with Crippen molar-refractivity contribution in [2.45, 2.75) is 38.8 Å². The monoisotopic (exact) mass is 313 g/mol. The van der Waals surface area contributed by atoms with Crippen LogP contribution < -0.4 is 10.9 Å². The number of carboxylic acid groups (broad SMARTS) is 1. The van der Waals surface area contributed by atoms with E-state index in [-0.39, 0.29) is 17.4 Å². The number of nitrogens with zero attached hydrogens (tertiary/aromatic N) is 2. The van der Waals surface area contributed by atoms with Crippen LogP contribution in [0.1, 0.15) is 42.2 Å². The summed E-state index contributed by atoms with van der Waals surface area (Å²) < 4.78 is 1.35. The summed E-state index contributed by atoms with van der Waals surface area (Å²) in [5, 5.41) is 12.4. The maximum atomic E-state index is 12.6. The van der Waals surface area contributed by atoms with Gasteiger partial charge in [0.05, 0.1) is 6.04 Å². The Morgan fingerprint density at radius 3 is 2.96 bits per heavy atom. The number of hydrogen-bond acceptors (Lipinski definition) is 4. The Hall–Kier alpha value is -2.63. The van der Waals surface area contributed by atoms with Crippen molar-refractivity contribution in [1.82, 2.24) is 9.55 Å². The second-order valence-corrected chi connectivity index (χ2v) is 5.95. The van der Waals surface area contributed by atoms with Crippen LogP contribution in [0.5, 0.6) is 0 Å². The fourth-order valence-corrected chi connectivity index (χ4v) is 3.00. The fourth-order valence-electron chi connectivity index (χ4n) is 3.00. The van der Waals surface area contributed by atoms with Gasteiger partial charge in [0.1, 0.15) is 6.04 Å². The Labute approximate surface area is 133 Å². The maximum Gasteiger partial charge on any atom is 0.326 e. The van der Waals surface area contributed by atoms with Crippen LogP contribution in [0.2, 0.25) is 0 Å². The molecule has 1 aromatic heterocycles. The van der Waals surface area contributed by atoms with E-state index in [0.717, 1.165) is 11.1 Å². The first-order valence-electron chi connectivity index (χ1n) is 7.63. The first kappa shape index (κ1) is 15.3. The van der Waals surface area contributed by atoms with Crippen molar-refractivity contribution in [3.05, 3.63) is 57.6 Å². The molecule has 3 rings (SSSR count). The zero-order valence-corrected chi connectivity index (χ0v) is 13.1. The molecule has 0 unspecified atom stereocenters. The number of aromatic nitrogens is 2. The standard InChI is InChI=1S/C17H19N3O3/c1-10-4-3-5-12(8-10)11(2)19-15-16(21)20-13(9-18-15)6-7-14(20)17(22)23/h3-5,8-9,11,14H,6-7H2,1-2H3,(H,18,19)(H,22,23)/t11-,14+/m1/s1. The van der Waals surface area contributed by atoms with Crippen LogP contribution in [0.4, 0.5) is 5.82 Å².